The van der Waals surface area contributed by atoms with Gasteiger partial charge < -0.3 is 44.4 Å². The van der Waals surface area contributed by atoms with Gasteiger partial charge in [0.05, 0.1) is 32.5 Å². The zero-order valence-electron chi connectivity index (χ0n) is 26.0. The lowest BCUT2D eigenvalue weighted by Gasteiger charge is -2.14. The molecule has 5 N–H and O–H groups in total. The highest BCUT2D eigenvalue weighted by atomic mass is 35.5. The second kappa shape index (κ2) is 18.2. The van der Waals surface area contributed by atoms with Crippen molar-refractivity contribution in [2.75, 3.05) is 39.5 Å². The number of hydrogen-bond acceptors (Lipinski definition) is 11. The van der Waals surface area contributed by atoms with Gasteiger partial charge in [-0.15, -0.1) is 12.4 Å². The SMILES string of the molecule is Cc1ccc2c(c1OCCCO)B(O)OC2CN.Cc1ccc2c(c1OCCCOCc1ccccc1)B(O)OC2C[N+](=O)[O-].Cl. The van der Waals surface area contributed by atoms with Crippen LogP contribution in [0, 0.1) is 24.0 Å². The first-order valence-corrected chi connectivity index (χ1v) is 15.0. The molecule has 15 heteroatoms. The molecule has 0 aromatic heterocycles. The summed E-state index contributed by atoms with van der Waals surface area (Å²) >= 11 is 0. The van der Waals surface area contributed by atoms with E-state index in [9.17, 15) is 20.2 Å². The maximum absolute atomic E-state index is 10.8. The van der Waals surface area contributed by atoms with Crippen LogP contribution in [0.2, 0.25) is 0 Å². The van der Waals surface area contributed by atoms with Crippen LogP contribution in [0.25, 0.3) is 0 Å². The molecule has 0 radical (unpaired) electrons. The third-order valence-corrected chi connectivity index (χ3v) is 7.50. The number of benzene rings is 3. The predicted octanol–water partition coefficient (Wildman–Crippen LogP) is 1.91. The Labute approximate surface area is 275 Å². The zero-order valence-corrected chi connectivity index (χ0v) is 26.8. The summed E-state index contributed by atoms with van der Waals surface area (Å²) in [5.41, 5.74) is 11.2. The summed E-state index contributed by atoms with van der Waals surface area (Å²) < 4.78 is 27.9. The van der Waals surface area contributed by atoms with Gasteiger partial charge >= 0.3 is 14.2 Å². The van der Waals surface area contributed by atoms with E-state index in [0.29, 0.717) is 73.8 Å². The quantitative estimate of drug-likeness (QED) is 0.0862. The minimum Gasteiger partial charge on any atom is -0.494 e. The molecule has 5 rings (SSSR count). The van der Waals surface area contributed by atoms with E-state index in [1.165, 1.54) is 0 Å². The highest BCUT2D eigenvalue weighted by Gasteiger charge is 2.41. The molecule has 46 heavy (non-hydrogen) atoms. The third-order valence-electron chi connectivity index (χ3n) is 7.50. The molecule has 248 valence electrons. The molecule has 2 aliphatic heterocycles. The van der Waals surface area contributed by atoms with Gasteiger partial charge in [0.15, 0.2) is 0 Å². The van der Waals surface area contributed by atoms with Crippen LogP contribution >= 0.6 is 12.4 Å². The number of nitrogens with two attached hydrogens (primary N) is 1. The van der Waals surface area contributed by atoms with Gasteiger partial charge in [-0.1, -0.05) is 54.6 Å². The number of aryl methyl sites for hydroxylation is 2. The van der Waals surface area contributed by atoms with E-state index in [1.54, 1.807) is 6.07 Å². The monoisotopic (exact) mass is 658 g/mol. The molecule has 3 aromatic rings. The highest BCUT2D eigenvalue weighted by Crippen LogP contribution is 2.31. The summed E-state index contributed by atoms with van der Waals surface area (Å²) in [5, 5.41) is 39.7. The lowest BCUT2D eigenvalue weighted by Crippen LogP contribution is -2.30. The predicted molar refractivity (Wildman–Crippen MR) is 177 cm³/mol. The van der Waals surface area contributed by atoms with E-state index in [4.69, 9.17) is 34.4 Å². The zero-order chi connectivity index (χ0) is 32.3. The van der Waals surface area contributed by atoms with Crippen molar-refractivity contribution < 1.29 is 43.6 Å². The first-order chi connectivity index (χ1) is 21.7. The molecule has 0 saturated carbocycles. The van der Waals surface area contributed by atoms with E-state index < -0.39 is 25.3 Å². The number of aliphatic hydroxyl groups excluding tert-OH is 1. The van der Waals surface area contributed by atoms with Gasteiger partial charge in [0.1, 0.15) is 17.6 Å². The lowest BCUT2D eigenvalue weighted by molar-refractivity contribution is -0.490. The number of ether oxygens (including phenoxy) is 3. The van der Waals surface area contributed by atoms with Crippen molar-refractivity contribution >= 4 is 37.6 Å². The summed E-state index contributed by atoms with van der Waals surface area (Å²) in [6.45, 7) is 5.72. The molecule has 2 aliphatic rings. The Morgan fingerprint density at radius 3 is 1.93 bits per heavy atom. The van der Waals surface area contributed by atoms with Gasteiger partial charge in [-0.25, -0.2) is 0 Å². The molecule has 2 heterocycles. The largest absolute Gasteiger partial charge is 0.496 e. The van der Waals surface area contributed by atoms with Gasteiger partial charge in [-0.2, -0.15) is 0 Å². The molecule has 0 aliphatic carbocycles. The Bertz CT molecular complexity index is 1420. The average Bonchev–Trinajstić information content (AvgIpc) is 3.52. The normalized spacial score (nSPS) is 16.2. The fourth-order valence-electron chi connectivity index (χ4n) is 5.29. The fourth-order valence-corrected chi connectivity index (χ4v) is 5.29. The van der Waals surface area contributed by atoms with Crippen molar-refractivity contribution in [2.24, 2.45) is 5.73 Å². The molecule has 12 nitrogen and oxygen atoms in total. The van der Waals surface area contributed by atoms with Crippen molar-refractivity contribution in [3.05, 3.63) is 92.5 Å². The smallest absolute Gasteiger partial charge is 0.494 e. The van der Waals surface area contributed by atoms with Crippen LogP contribution < -0.4 is 26.1 Å². The van der Waals surface area contributed by atoms with Crippen molar-refractivity contribution in [1.82, 2.24) is 0 Å². The van der Waals surface area contributed by atoms with Gasteiger partial charge in [0.25, 0.3) is 0 Å². The average molecular weight is 659 g/mol. The van der Waals surface area contributed by atoms with Gasteiger partial charge in [-0.3, -0.25) is 10.1 Å². The maximum atomic E-state index is 10.8. The van der Waals surface area contributed by atoms with E-state index in [-0.39, 0.29) is 31.7 Å². The number of nitrogens with zero attached hydrogens (tertiary/aromatic N) is 1. The molecule has 0 saturated heterocycles. The Morgan fingerprint density at radius 1 is 0.848 bits per heavy atom. The van der Waals surface area contributed by atoms with Crippen LogP contribution in [-0.2, 0) is 20.7 Å². The number of nitro groups is 1. The van der Waals surface area contributed by atoms with Crippen molar-refractivity contribution in [3.63, 3.8) is 0 Å². The molecule has 2 unspecified atom stereocenters. The van der Waals surface area contributed by atoms with E-state index in [0.717, 1.165) is 22.3 Å². The molecule has 0 bridgehead atoms. The fraction of sp³-hybridized carbons (Fsp3) is 0.419. The van der Waals surface area contributed by atoms with Crippen LogP contribution in [-0.4, -0.2) is 73.8 Å². The van der Waals surface area contributed by atoms with Crippen molar-refractivity contribution in [2.45, 2.75) is 45.5 Å². The molecular weight excluding hydrogens is 617 g/mol. The van der Waals surface area contributed by atoms with E-state index >= 15 is 0 Å². The summed E-state index contributed by atoms with van der Waals surface area (Å²) in [6, 6.07) is 17.4. The van der Waals surface area contributed by atoms with Crippen molar-refractivity contribution in [1.29, 1.82) is 0 Å². The standard InChI is InChI=1S/C19H22BNO6.C12H18BNO4.ClH/c1-14-8-9-16-17(12-21(23)24)27-20(22)18(16)19(14)26-11-5-10-25-13-15-6-3-2-4-7-15;1-8-3-4-9-10(7-14)18-13(16)11(9)12(8)17-6-2-5-15;/h2-4,6-9,17,22H,5,10-13H2,1H3;3-4,10,15-16H,2,5-7,14H2,1H3;1H. The second-order valence-corrected chi connectivity index (χ2v) is 10.8. The molecule has 2 atom stereocenters. The van der Waals surface area contributed by atoms with Crippen LogP contribution in [0.1, 0.15) is 52.9 Å². The summed E-state index contributed by atoms with van der Waals surface area (Å²) in [7, 11) is -2.20. The minimum atomic E-state index is -1.21. The van der Waals surface area contributed by atoms with Crippen molar-refractivity contribution in [3.8, 4) is 11.5 Å². The first-order valence-electron chi connectivity index (χ1n) is 15.0. The highest BCUT2D eigenvalue weighted by molar-refractivity contribution is 6.63. The van der Waals surface area contributed by atoms with E-state index in [2.05, 4.69) is 0 Å². The Kier molecular flexibility index (Phi) is 14.8. The molecule has 0 spiro atoms. The Morgan fingerprint density at radius 2 is 1.39 bits per heavy atom. The number of halogens is 1. The number of fused-ring (bicyclic) bond motifs is 2. The molecular formula is C31H41B2ClN2O10. The Hall–Kier alpha value is -3.20. The Balaban J connectivity index is 0.000000265. The van der Waals surface area contributed by atoms with Crippen LogP contribution in [0.3, 0.4) is 0 Å². The minimum absolute atomic E-state index is 0. The van der Waals surface area contributed by atoms with Gasteiger partial charge in [0, 0.05) is 41.8 Å². The molecule has 0 amide bonds. The van der Waals surface area contributed by atoms with Gasteiger partial charge in [0.2, 0.25) is 6.54 Å². The third kappa shape index (κ3) is 9.43. The maximum Gasteiger partial charge on any atom is 0.496 e. The van der Waals surface area contributed by atoms with Crippen LogP contribution in [0.15, 0.2) is 54.6 Å². The number of aliphatic hydroxyl groups is 1. The lowest BCUT2D eigenvalue weighted by atomic mass is 9.77. The number of rotatable bonds is 14. The first kappa shape index (κ1) is 37.3. The number of hydrogen-bond donors (Lipinski definition) is 4. The van der Waals surface area contributed by atoms with E-state index in [1.807, 2.05) is 62.4 Å². The molecule has 0 fully saturated rings. The summed E-state index contributed by atoms with van der Waals surface area (Å²) in [4.78, 5) is 10.3. The second-order valence-electron chi connectivity index (χ2n) is 10.8. The summed E-state index contributed by atoms with van der Waals surface area (Å²) in [6.07, 6.45) is 0.198. The molecule has 3 aromatic carbocycles. The van der Waals surface area contributed by atoms with Crippen LogP contribution in [0.4, 0.5) is 0 Å². The summed E-state index contributed by atoms with van der Waals surface area (Å²) in [5.74, 6) is 1.18. The van der Waals surface area contributed by atoms with Gasteiger partial charge in [-0.05, 0) is 41.7 Å². The topological polar surface area (TPSA) is 176 Å². The van der Waals surface area contributed by atoms with Crippen LogP contribution in [0.5, 0.6) is 11.5 Å².